The van der Waals surface area contributed by atoms with E-state index in [9.17, 15) is 9.90 Å². The van der Waals surface area contributed by atoms with Crippen LogP contribution in [0.15, 0.2) is 0 Å². The van der Waals surface area contributed by atoms with E-state index in [1.807, 2.05) is 13.8 Å². The van der Waals surface area contributed by atoms with Gasteiger partial charge in [-0.25, -0.2) is 0 Å². The molecule has 2 aliphatic rings. The number of hydrogen-bond donors (Lipinski definition) is 2. The predicted octanol–water partition coefficient (Wildman–Crippen LogP) is 0.748. The first kappa shape index (κ1) is 12.8. The lowest BCUT2D eigenvalue weighted by Crippen LogP contribution is -2.67. The Hall–Kier alpha value is -0.610. The first-order chi connectivity index (χ1) is 8.01. The van der Waals surface area contributed by atoms with Crippen molar-refractivity contribution in [3.8, 4) is 0 Å². The number of rotatable bonds is 4. The molecule has 0 spiro atoms. The molecule has 98 valence electrons. The maximum absolute atomic E-state index is 11.8. The molecule has 0 aromatic rings. The standard InChI is InChI=1S/C13H24N2O2/c1-10(2)13(17)8-15(9-13)12(16)7-14-11-5-3-4-6-11/h10-11,14,17H,3-9H2,1-2H3. The van der Waals surface area contributed by atoms with Crippen molar-refractivity contribution in [1.82, 2.24) is 10.2 Å². The summed E-state index contributed by atoms with van der Waals surface area (Å²) in [7, 11) is 0. The molecule has 2 rings (SSSR count). The second kappa shape index (κ2) is 4.94. The Balaban J connectivity index is 1.68. The fraction of sp³-hybridized carbons (Fsp3) is 0.923. The van der Waals surface area contributed by atoms with E-state index in [4.69, 9.17) is 0 Å². The average Bonchev–Trinajstić information content (AvgIpc) is 2.73. The van der Waals surface area contributed by atoms with Crippen LogP contribution < -0.4 is 5.32 Å². The van der Waals surface area contributed by atoms with Crippen molar-refractivity contribution in [2.45, 2.75) is 51.2 Å². The minimum atomic E-state index is -0.650. The second-order valence-electron chi connectivity index (χ2n) is 5.87. The topological polar surface area (TPSA) is 52.6 Å². The van der Waals surface area contributed by atoms with Crippen LogP contribution in [-0.4, -0.2) is 47.2 Å². The lowest BCUT2D eigenvalue weighted by molar-refractivity contribution is -0.162. The number of aliphatic hydroxyl groups is 1. The Kier molecular flexibility index (Phi) is 3.73. The van der Waals surface area contributed by atoms with Gasteiger partial charge in [0.15, 0.2) is 0 Å². The van der Waals surface area contributed by atoms with E-state index in [2.05, 4.69) is 5.32 Å². The molecule has 1 saturated heterocycles. The monoisotopic (exact) mass is 240 g/mol. The van der Waals surface area contributed by atoms with Gasteiger partial charge < -0.3 is 15.3 Å². The van der Waals surface area contributed by atoms with E-state index in [1.165, 1.54) is 25.7 Å². The van der Waals surface area contributed by atoms with Crippen LogP contribution in [0.3, 0.4) is 0 Å². The van der Waals surface area contributed by atoms with Crippen molar-refractivity contribution >= 4 is 5.91 Å². The third-order valence-electron chi connectivity index (χ3n) is 4.25. The van der Waals surface area contributed by atoms with Crippen LogP contribution in [-0.2, 0) is 4.79 Å². The van der Waals surface area contributed by atoms with Gasteiger partial charge in [-0.15, -0.1) is 0 Å². The molecule has 0 radical (unpaired) electrons. The molecular weight excluding hydrogens is 216 g/mol. The van der Waals surface area contributed by atoms with Crippen LogP contribution in [0.1, 0.15) is 39.5 Å². The largest absolute Gasteiger partial charge is 0.386 e. The summed E-state index contributed by atoms with van der Waals surface area (Å²) in [5.74, 6) is 0.344. The van der Waals surface area contributed by atoms with Crippen LogP contribution >= 0.6 is 0 Å². The Morgan fingerprint density at radius 3 is 2.53 bits per heavy atom. The van der Waals surface area contributed by atoms with Crippen LogP contribution in [0.5, 0.6) is 0 Å². The van der Waals surface area contributed by atoms with Crippen LogP contribution in [0, 0.1) is 5.92 Å². The summed E-state index contributed by atoms with van der Waals surface area (Å²) < 4.78 is 0. The summed E-state index contributed by atoms with van der Waals surface area (Å²) in [4.78, 5) is 13.6. The molecule has 0 aromatic heterocycles. The highest BCUT2D eigenvalue weighted by Crippen LogP contribution is 2.28. The molecule has 0 unspecified atom stereocenters. The number of likely N-dealkylation sites (tertiary alicyclic amines) is 1. The number of hydrogen-bond acceptors (Lipinski definition) is 3. The summed E-state index contributed by atoms with van der Waals surface area (Å²) in [6, 6.07) is 0.532. The zero-order valence-electron chi connectivity index (χ0n) is 10.9. The number of amides is 1. The number of carbonyl (C=O) groups excluding carboxylic acids is 1. The Bertz CT molecular complexity index is 279. The Morgan fingerprint density at radius 2 is 2.00 bits per heavy atom. The molecule has 1 aliphatic carbocycles. The lowest BCUT2D eigenvalue weighted by atomic mass is 9.83. The SMILES string of the molecule is CC(C)C1(O)CN(C(=O)CNC2CCCC2)C1. The normalized spacial score (nSPS) is 24.1. The predicted molar refractivity (Wildman–Crippen MR) is 66.6 cm³/mol. The molecule has 2 fully saturated rings. The van der Waals surface area contributed by atoms with Gasteiger partial charge in [-0.1, -0.05) is 26.7 Å². The van der Waals surface area contributed by atoms with E-state index in [0.717, 1.165) is 0 Å². The first-order valence-corrected chi connectivity index (χ1v) is 6.75. The molecule has 2 N–H and O–H groups in total. The summed E-state index contributed by atoms with van der Waals surface area (Å²) in [5.41, 5.74) is -0.650. The van der Waals surface area contributed by atoms with E-state index in [1.54, 1.807) is 4.90 Å². The molecule has 17 heavy (non-hydrogen) atoms. The number of β-amino-alcohol motifs (C(OH)–C–C–N with tert-alkyl or cyclic N) is 1. The maximum Gasteiger partial charge on any atom is 0.236 e. The van der Waals surface area contributed by atoms with Gasteiger partial charge >= 0.3 is 0 Å². The Morgan fingerprint density at radius 1 is 1.41 bits per heavy atom. The molecule has 1 saturated carbocycles. The highest BCUT2D eigenvalue weighted by Gasteiger charge is 2.45. The average molecular weight is 240 g/mol. The van der Waals surface area contributed by atoms with Crippen molar-refractivity contribution in [3.05, 3.63) is 0 Å². The summed E-state index contributed by atoms with van der Waals surface area (Å²) in [5, 5.41) is 13.4. The zero-order chi connectivity index (χ0) is 12.5. The molecule has 4 heteroatoms. The minimum Gasteiger partial charge on any atom is -0.386 e. The molecule has 4 nitrogen and oxygen atoms in total. The zero-order valence-corrected chi connectivity index (χ0v) is 10.9. The van der Waals surface area contributed by atoms with Gasteiger partial charge in [-0.2, -0.15) is 0 Å². The highest BCUT2D eigenvalue weighted by atomic mass is 16.3. The van der Waals surface area contributed by atoms with Gasteiger partial charge in [0, 0.05) is 6.04 Å². The fourth-order valence-electron chi connectivity index (χ4n) is 2.63. The van der Waals surface area contributed by atoms with Crippen molar-refractivity contribution in [2.75, 3.05) is 19.6 Å². The molecule has 0 bridgehead atoms. The quantitative estimate of drug-likeness (QED) is 0.762. The van der Waals surface area contributed by atoms with E-state index < -0.39 is 5.60 Å². The van der Waals surface area contributed by atoms with Crippen molar-refractivity contribution in [3.63, 3.8) is 0 Å². The van der Waals surface area contributed by atoms with Crippen LogP contribution in [0.25, 0.3) is 0 Å². The summed E-state index contributed by atoms with van der Waals surface area (Å²) >= 11 is 0. The maximum atomic E-state index is 11.8. The molecular formula is C13H24N2O2. The van der Waals surface area contributed by atoms with Gasteiger partial charge in [-0.05, 0) is 18.8 Å². The minimum absolute atomic E-state index is 0.127. The van der Waals surface area contributed by atoms with Gasteiger partial charge in [0.25, 0.3) is 0 Å². The van der Waals surface area contributed by atoms with Gasteiger partial charge in [-0.3, -0.25) is 4.79 Å². The van der Waals surface area contributed by atoms with Gasteiger partial charge in [0.05, 0.1) is 19.6 Å². The molecule has 1 aliphatic heterocycles. The van der Waals surface area contributed by atoms with Crippen molar-refractivity contribution in [1.29, 1.82) is 0 Å². The lowest BCUT2D eigenvalue weighted by Gasteiger charge is -2.49. The molecule has 0 atom stereocenters. The van der Waals surface area contributed by atoms with E-state index >= 15 is 0 Å². The third-order valence-corrected chi connectivity index (χ3v) is 4.25. The third kappa shape index (κ3) is 2.80. The summed E-state index contributed by atoms with van der Waals surface area (Å²) in [6.45, 7) is 5.42. The second-order valence-corrected chi connectivity index (χ2v) is 5.87. The summed E-state index contributed by atoms with van der Waals surface area (Å²) in [6.07, 6.45) is 4.96. The van der Waals surface area contributed by atoms with Gasteiger partial charge in [0.2, 0.25) is 5.91 Å². The van der Waals surface area contributed by atoms with E-state index in [0.29, 0.717) is 25.7 Å². The first-order valence-electron chi connectivity index (χ1n) is 6.75. The molecule has 0 aromatic carbocycles. The number of nitrogens with one attached hydrogen (secondary N) is 1. The molecule has 1 heterocycles. The van der Waals surface area contributed by atoms with Crippen molar-refractivity contribution < 1.29 is 9.90 Å². The number of carbonyl (C=O) groups is 1. The Labute approximate surface area is 103 Å². The van der Waals surface area contributed by atoms with Crippen molar-refractivity contribution in [2.24, 2.45) is 5.92 Å². The van der Waals surface area contributed by atoms with E-state index in [-0.39, 0.29) is 11.8 Å². The van der Waals surface area contributed by atoms with Crippen LogP contribution in [0.4, 0.5) is 0 Å². The van der Waals surface area contributed by atoms with Crippen LogP contribution in [0.2, 0.25) is 0 Å². The fourth-order valence-corrected chi connectivity index (χ4v) is 2.63. The highest BCUT2D eigenvalue weighted by molar-refractivity contribution is 5.79. The number of nitrogens with zero attached hydrogens (tertiary/aromatic N) is 1. The van der Waals surface area contributed by atoms with Gasteiger partial charge in [0.1, 0.15) is 5.60 Å². The smallest absolute Gasteiger partial charge is 0.236 e. The molecule has 1 amide bonds.